The van der Waals surface area contributed by atoms with Crippen molar-refractivity contribution in [2.24, 2.45) is 0 Å². The molecule has 0 saturated heterocycles. The summed E-state index contributed by atoms with van der Waals surface area (Å²) >= 11 is 0. The van der Waals surface area contributed by atoms with Crippen LogP contribution in [0.15, 0.2) is 25.0 Å². The van der Waals surface area contributed by atoms with E-state index in [0.29, 0.717) is 0 Å². The zero-order chi connectivity index (χ0) is 12.8. The van der Waals surface area contributed by atoms with E-state index in [1.807, 2.05) is 6.08 Å². The first kappa shape index (κ1) is 16.0. The Kier molecular flexibility index (Phi) is 12.2. The van der Waals surface area contributed by atoms with Gasteiger partial charge in [0.15, 0.2) is 0 Å². The summed E-state index contributed by atoms with van der Waals surface area (Å²) in [6, 6.07) is 0. The molecule has 0 rings (SSSR count). The van der Waals surface area contributed by atoms with Crippen LogP contribution < -0.4 is 0 Å². The van der Waals surface area contributed by atoms with Crippen LogP contribution in [0.5, 0.6) is 0 Å². The number of carbonyl (C=O) groups excluding carboxylic acids is 1. The molecule has 0 aliphatic carbocycles. The van der Waals surface area contributed by atoms with Gasteiger partial charge in [0.2, 0.25) is 0 Å². The van der Waals surface area contributed by atoms with Crippen molar-refractivity contribution in [1.82, 2.24) is 0 Å². The van der Waals surface area contributed by atoms with Crippen LogP contribution in [0.2, 0.25) is 0 Å². The minimum atomic E-state index is -0.392. The molecule has 98 valence electrons. The first-order valence-corrected chi connectivity index (χ1v) is 6.79. The highest BCUT2D eigenvalue weighted by Gasteiger charge is 1.91. The normalized spacial score (nSPS) is 10.6. The number of carbonyl (C=O) groups is 1. The number of hydrogen-bond acceptors (Lipinski definition) is 2. The van der Waals surface area contributed by atoms with E-state index in [9.17, 15) is 4.79 Å². The Morgan fingerprint density at radius 3 is 2.24 bits per heavy atom. The van der Waals surface area contributed by atoms with Gasteiger partial charge in [-0.1, -0.05) is 58.4 Å². The molecule has 0 spiro atoms. The van der Waals surface area contributed by atoms with Crippen molar-refractivity contribution in [1.29, 1.82) is 0 Å². The molecule has 0 aromatic heterocycles. The molecule has 2 heteroatoms. The van der Waals surface area contributed by atoms with Crippen LogP contribution in [-0.4, -0.2) is 5.97 Å². The lowest BCUT2D eigenvalue weighted by Crippen LogP contribution is -1.91. The topological polar surface area (TPSA) is 26.3 Å². The van der Waals surface area contributed by atoms with Gasteiger partial charge in [0.25, 0.3) is 0 Å². The molecule has 0 heterocycles. The summed E-state index contributed by atoms with van der Waals surface area (Å²) in [4.78, 5) is 10.7. The van der Waals surface area contributed by atoms with Gasteiger partial charge in [-0.3, -0.25) is 0 Å². The van der Waals surface area contributed by atoms with Crippen molar-refractivity contribution in [3.05, 3.63) is 25.0 Å². The summed E-state index contributed by atoms with van der Waals surface area (Å²) in [6.45, 7) is 5.56. The number of esters is 1. The van der Waals surface area contributed by atoms with Gasteiger partial charge in [-0.2, -0.15) is 0 Å². The summed E-state index contributed by atoms with van der Waals surface area (Å²) < 4.78 is 4.73. The fourth-order valence-corrected chi connectivity index (χ4v) is 1.63. The van der Waals surface area contributed by atoms with Crippen LogP contribution in [0.1, 0.15) is 64.7 Å². The largest absolute Gasteiger partial charge is 0.432 e. The van der Waals surface area contributed by atoms with Crippen LogP contribution in [-0.2, 0) is 9.53 Å². The van der Waals surface area contributed by atoms with Crippen LogP contribution >= 0.6 is 0 Å². The Hall–Kier alpha value is -1.05. The van der Waals surface area contributed by atoms with Crippen molar-refractivity contribution < 1.29 is 9.53 Å². The van der Waals surface area contributed by atoms with Gasteiger partial charge in [-0.15, -0.1) is 0 Å². The Balaban J connectivity index is 3.12. The van der Waals surface area contributed by atoms with E-state index in [-0.39, 0.29) is 0 Å². The molecule has 0 saturated carbocycles. The Morgan fingerprint density at radius 1 is 1.06 bits per heavy atom. The third-order valence-corrected chi connectivity index (χ3v) is 2.67. The van der Waals surface area contributed by atoms with E-state index in [2.05, 4.69) is 13.5 Å². The van der Waals surface area contributed by atoms with Crippen molar-refractivity contribution in [2.45, 2.75) is 64.7 Å². The second-order valence-electron chi connectivity index (χ2n) is 4.28. The molecule has 0 atom stereocenters. The summed E-state index contributed by atoms with van der Waals surface area (Å²) in [6.07, 6.45) is 16.1. The van der Waals surface area contributed by atoms with Crippen LogP contribution in [0.3, 0.4) is 0 Å². The van der Waals surface area contributed by atoms with Gasteiger partial charge in [-0.05, 0) is 18.9 Å². The second kappa shape index (κ2) is 13.0. The monoisotopic (exact) mass is 238 g/mol. The maximum absolute atomic E-state index is 10.7. The van der Waals surface area contributed by atoms with Gasteiger partial charge in [-0.25, -0.2) is 4.79 Å². The molecular formula is C15H26O2. The molecule has 0 aromatic carbocycles. The smallest absolute Gasteiger partial charge is 0.334 e. The highest BCUT2D eigenvalue weighted by Crippen LogP contribution is 2.09. The highest BCUT2D eigenvalue weighted by molar-refractivity contribution is 5.81. The molecule has 0 fully saturated rings. The lowest BCUT2D eigenvalue weighted by atomic mass is 10.1. The average molecular weight is 238 g/mol. The van der Waals surface area contributed by atoms with E-state index in [1.165, 1.54) is 63.7 Å². The third-order valence-electron chi connectivity index (χ3n) is 2.67. The predicted molar refractivity (Wildman–Crippen MR) is 72.7 cm³/mol. The molecule has 17 heavy (non-hydrogen) atoms. The maximum atomic E-state index is 10.7. The van der Waals surface area contributed by atoms with Gasteiger partial charge < -0.3 is 4.74 Å². The second-order valence-corrected chi connectivity index (χ2v) is 4.28. The lowest BCUT2D eigenvalue weighted by Gasteiger charge is -1.99. The molecule has 0 aromatic rings. The maximum Gasteiger partial charge on any atom is 0.334 e. The van der Waals surface area contributed by atoms with E-state index < -0.39 is 5.97 Å². The summed E-state index contributed by atoms with van der Waals surface area (Å²) in [5.41, 5.74) is 0. The minimum Gasteiger partial charge on any atom is -0.432 e. The predicted octanol–water partition coefficient (Wildman–Crippen LogP) is 4.76. The van der Waals surface area contributed by atoms with E-state index in [0.717, 1.165) is 6.42 Å². The highest BCUT2D eigenvalue weighted by atomic mass is 16.5. The molecule has 0 bridgehead atoms. The average Bonchev–Trinajstić information content (AvgIpc) is 2.35. The van der Waals surface area contributed by atoms with Crippen LogP contribution in [0.4, 0.5) is 0 Å². The number of hydrogen-bond donors (Lipinski definition) is 0. The Labute approximate surface area is 106 Å². The van der Waals surface area contributed by atoms with Crippen LogP contribution in [0, 0.1) is 0 Å². The SMILES string of the molecule is C=CC(=O)OC=CCCCCCCCCCC. The quantitative estimate of drug-likeness (QED) is 0.224. The zero-order valence-electron chi connectivity index (χ0n) is 11.1. The molecule has 0 N–H and O–H groups in total. The first-order chi connectivity index (χ1) is 8.31. The number of unbranched alkanes of at least 4 members (excludes halogenated alkanes) is 8. The van der Waals surface area contributed by atoms with Crippen molar-refractivity contribution in [3.63, 3.8) is 0 Å². The summed E-state index contributed by atoms with van der Waals surface area (Å²) in [7, 11) is 0. The molecule has 0 aliphatic heterocycles. The number of rotatable bonds is 11. The van der Waals surface area contributed by atoms with E-state index in [1.54, 1.807) is 0 Å². The number of ether oxygens (including phenoxy) is 1. The molecule has 0 unspecified atom stereocenters. The fraction of sp³-hybridized carbons (Fsp3) is 0.667. The summed E-state index contributed by atoms with van der Waals surface area (Å²) in [5, 5.41) is 0. The van der Waals surface area contributed by atoms with Crippen molar-refractivity contribution >= 4 is 5.97 Å². The third kappa shape index (κ3) is 12.9. The van der Waals surface area contributed by atoms with Crippen LogP contribution in [0.25, 0.3) is 0 Å². The van der Waals surface area contributed by atoms with Crippen molar-refractivity contribution in [2.75, 3.05) is 0 Å². The first-order valence-electron chi connectivity index (χ1n) is 6.79. The van der Waals surface area contributed by atoms with Gasteiger partial charge >= 0.3 is 5.97 Å². The van der Waals surface area contributed by atoms with Gasteiger partial charge in [0.1, 0.15) is 0 Å². The molecule has 2 nitrogen and oxygen atoms in total. The Morgan fingerprint density at radius 2 is 1.65 bits per heavy atom. The fourth-order valence-electron chi connectivity index (χ4n) is 1.63. The Bertz CT molecular complexity index is 219. The lowest BCUT2D eigenvalue weighted by molar-refractivity contribution is -0.132. The van der Waals surface area contributed by atoms with E-state index in [4.69, 9.17) is 4.74 Å². The zero-order valence-corrected chi connectivity index (χ0v) is 11.1. The van der Waals surface area contributed by atoms with Gasteiger partial charge in [0, 0.05) is 6.08 Å². The molecule has 0 radical (unpaired) electrons. The van der Waals surface area contributed by atoms with Crippen molar-refractivity contribution in [3.8, 4) is 0 Å². The number of allylic oxidation sites excluding steroid dienone is 1. The van der Waals surface area contributed by atoms with Gasteiger partial charge in [0.05, 0.1) is 6.26 Å². The molecule has 0 aliphatic rings. The standard InChI is InChI=1S/C15H26O2/c1-3-5-6-7-8-9-10-11-12-13-14-17-15(16)4-2/h4,13-14H,2-3,5-12H2,1H3. The summed E-state index contributed by atoms with van der Waals surface area (Å²) in [5.74, 6) is -0.392. The molecule has 0 amide bonds. The minimum absolute atomic E-state index is 0.392. The van der Waals surface area contributed by atoms with E-state index >= 15 is 0 Å². The molecular weight excluding hydrogens is 212 g/mol.